The molecule has 0 aliphatic carbocycles. The van der Waals surface area contributed by atoms with Crippen LogP contribution in [-0.2, 0) is 4.79 Å². The standard InChI is InChI=1S/C10H12N2OS/c1-7-9(13)12(2)10(14-7)8-4-3-5-11-6-8/h3-7,10H,1-2H3/t7-,10-/m1/s1. The van der Waals surface area contributed by atoms with Crippen LogP contribution in [-0.4, -0.2) is 28.1 Å². The van der Waals surface area contributed by atoms with Crippen LogP contribution in [0.3, 0.4) is 0 Å². The van der Waals surface area contributed by atoms with Gasteiger partial charge in [0.2, 0.25) is 5.91 Å². The molecule has 4 heteroatoms. The van der Waals surface area contributed by atoms with Crippen LogP contribution in [0.1, 0.15) is 17.9 Å². The number of carbonyl (C=O) groups excluding carboxylic acids is 1. The molecule has 1 aliphatic heterocycles. The maximum atomic E-state index is 11.6. The van der Waals surface area contributed by atoms with E-state index in [1.807, 2.05) is 32.3 Å². The normalized spacial score (nSPS) is 27.0. The van der Waals surface area contributed by atoms with Crippen molar-refractivity contribution in [2.45, 2.75) is 17.5 Å². The van der Waals surface area contributed by atoms with Crippen LogP contribution in [0.25, 0.3) is 0 Å². The highest BCUT2D eigenvalue weighted by molar-refractivity contribution is 8.01. The van der Waals surface area contributed by atoms with E-state index in [0.29, 0.717) is 0 Å². The number of rotatable bonds is 1. The Hall–Kier alpha value is -1.03. The number of amides is 1. The Labute approximate surface area is 87.5 Å². The molecule has 1 aromatic rings. The molecule has 74 valence electrons. The summed E-state index contributed by atoms with van der Waals surface area (Å²) in [6.45, 7) is 1.94. The molecule has 1 aromatic heterocycles. The van der Waals surface area contributed by atoms with Crippen LogP contribution in [0, 0.1) is 0 Å². The van der Waals surface area contributed by atoms with Crippen molar-refractivity contribution in [3.05, 3.63) is 30.1 Å². The lowest BCUT2D eigenvalue weighted by atomic mass is 10.2. The van der Waals surface area contributed by atoms with E-state index in [1.165, 1.54) is 0 Å². The van der Waals surface area contributed by atoms with Crippen LogP contribution >= 0.6 is 11.8 Å². The average Bonchev–Trinajstić information content (AvgIpc) is 2.47. The van der Waals surface area contributed by atoms with E-state index in [0.717, 1.165) is 5.56 Å². The molecule has 1 saturated heterocycles. The molecule has 0 aromatic carbocycles. The van der Waals surface area contributed by atoms with E-state index < -0.39 is 0 Å². The third-order valence-electron chi connectivity index (χ3n) is 2.35. The van der Waals surface area contributed by atoms with Crippen molar-refractivity contribution in [1.29, 1.82) is 0 Å². The van der Waals surface area contributed by atoms with Gasteiger partial charge in [0.05, 0.1) is 5.25 Å². The van der Waals surface area contributed by atoms with Crippen molar-refractivity contribution in [2.24, 2.45) is 0 Å². The van der Waals surface area contributed by atoms with Gasteiger partial charge in [0, 0.05) is 25.0 Å². The Morgan fingerprint density at radius 2 is 2.36 bits per heavy atom. The van der Waals surface area contributed by atoms with Crippen LogP contribution in [0.15, 0.2) is 24.5 Å². The van der Waals surface area contributed by atoms with Crippen LogP contribution in [0.4, 0.5) is 0 Å². The number of thioether (sulfide) groups is 1. The van der Waals surface area contributed by atoms with Gasteiger partial charge in [0.25, 0.3) is 0 Å². The summed E-state index contributed by atoms with van der Waals surface area (Å²) in [5.41, 5.74) is 1.10. The van der Waals surface area contributed by atoms with E-state index in [2.05, 4.69) is 4.98 Å². The summed E-state index contributed by atoms with van der Waals surface area (Å²) in [4.78, 5) is 17.4. The van der Waals surface area contributed by atoms with E-state index in [9.17, 15) is 4.79 Å². The van der Waals surface area contributed by atoms with Crippen molar-refractivity contribution < 1.29 is 4.79 Å². The first-order valence-electron chi connectivity index (χ1n) is 4.52. The fourth-order valence-electron chi connectivity index (χ4n) is 1.57. The van der Waals surface area contributed by atoms with Gasteiger partial charge in [-0.15, -0.1) is 11.8 Å². The summed E-state index contributed by atoms with van der Waals surface area (Å²) in [6.07, 6.45) is 3.56. The second-order valence-electron chi connectivity index (χ2n) is 3.37. The zero-order chi connectivity index (χ0) is 10.1. The molecule has 14 heavy (non-hydrogen) atoms. The lowest BCUT2D eigenvalue weighted by Crippen LogP contribution is -2.25. The van der Waals surface area contributed by atoms with Crippen molar-refractivity contribution in [2.75, 3.05) is 7.05 Å². The zero-order valence-corrected chi connectivity index (χ0v) is 8.99. The topological polar surface area (TPSA) is 33.2 Å². The molecule has 3 nitrogen and oxygen atoms in total. The first-order chi connectivity index (χ1) is 6.70. The molecular weight excluding hydrogens is 196 g/mol. The van der Waals surface area contributed by atoms with Gasteiger partial charge in [-0.25, -0.2) is 0 Å². The summed E-state index contributed by atoms with van der Waals surface area (Å²) in [5.74, 6) is 0.198. The van der Waals surface area contributed by atoms with Crippen LogP contribution in [0.5, 0.6) is 0 Å². The highest BCUT2D eigenvalue weighted by atomic mass is 32.2. The minimum atomic E-state index is 0.0604. The Morgan fingerprint density at radius 3 is 2.86 bits per heavy atom. The van der Waals surface area contributed by atoms with Crippen molar-refractivity contribution in [3.63, 3.8) is 0 Å². The fraction of sp³-hybridized carbons (Fsp3) is 0.400. The summed E-state index contributed by atoms with van der Waals surface area (Å²) in [7, 11) is 1.84. The smallest absolute Gasteiger partial charge is 0.236 e. The fourth-order valence-corrected chi connectivity index (χ4v) is 2.82. The number of hydrogen-bond acceptors (Lipinski definition) is 3. The molecule has 0 saturated carbocycles. The third-order valence-corrected chi connectivity index (χ3v) is 3.81. The van der Waals surface area contributed by atoms with Crippen molar-refractivity contribution in [1.82, 2.24) is 9.88 Å². The van der Waals surface area contributed by atoms with Gasteiger partial charge in [-0.05, 0) is 13.0 Å². The molecule has 2 atom stereocenters. The molecule has 0 radical (unpaired) electrons. The Morgan fingerprint density at radius 1 is 1.57 bits per heavy atom. The lowest BCUT2D eigenvalue weighted by Gasteiger charge is -2.18. The van der Waals surface area contributed by atoms with Gasteiger partial charge >= 0.3 is 0 Å². The Balaban J connectivity index is 2.26. The second kappa shape index (κ2) is 3.61. The zero-order valence-electron chi connectivity index (χ0n) is 8.18. The minimum Gasteiger partial charge on any atom is -0.329 e. The maximum absolute atomic E-state index is 11.6. The van der Waals surface area contributed by atoms with Gasteiger partial charge in [-0.1, -0.05) is 6.07 Å². The maximum Gasteiger partial charge on any atom is 0.236 e. The number of aromatic nitrogens is 1. The molecule has 0 N–H and O–H groups in total. The predicted octanol–water partition coefficient (Wildman–Crippen LogP) is 1.67. The molecule has 0 unspecified atom stereocenters. The molecule has 1 fully saturated rings. The minimum absolute atomic E-state index is 0.0604. The average molecular weight is 208 g/mol. The second-order valence-corrected chi connectivity index (χ2v) is 4.79. The van der Waals surface area contributed by atoms with E-state index >= 15 is 0 Å². The van der Waals surface area contributed by atoms with Gasteiger partial charge < -0.3 is 4.90 Å². The molecular formula is C10H12N2OS. The van der Waals surface area contributed by atoms with Gasteiger partial charge in [-0.3, -0.25) is 9.78 Å². The monoisotopic (exact) mass is 208 g/mol. The molecule has 2 heterocycles. The Bertz CT molecular complexity index is 341. The number of carbonyl (C=O) groups is 1. The van der Waals surface area contributed by atoms with Gasteiger partial charge in [0.15, 0.2) is 0 Å². The lowest BCUT2D eigenvalue weighted by molar-refractivity contribution is -0.128. The van der Waals surface area contributed by atoms with Crippen molar-refractivity contribution in [3.8, 4) is 0 Å². The van der Waals surface area contributed by atoms with E-state index in [1.54, 1.807) is 22.9 Å². The summed E-state index contributed by atoms with van der Waals surface area (Å²) < 4.78 is 0. The Kier molecular flexibility index (Phi) is 2.46. The van der Waals surface area contributed by atoms with Crippen molar-refractivity contribution >= 4 is 17.7 Å². The highest BCUT2D eigenvalue weighted by Crippen LogP contribution is 2.41. The first-order valence-corrected chi connectivity index (χ1v) is 5.46. The van der Waals surface area contributed by atoms with Gasteiger partial charge in [-0.2, -0.15) is 0 Å². The summed E-state index contributed by atoms with van der Waals surface area (Å²) >= 11 is 1.67. The van der Waals surface area contributed by atoms with E-state index in [4.69, 9.17) is 0 Å². The SMILES string of the molecule is C[C@H]1S[C@H](c2cccnc2)N(C)C1=O. The highest BCUT2D eigenvalue weighted by Gasteiger charge is 2.35. The number of hydrogen-bond donors (Lipinski definition) is 0. The quantitative estimate of drug-likeness (QED) is 0.704. The molecule has 1 aliphatic rings. The van der Waals surface area contributed by atoms with Gasteiger partial charge in [0.1, 0.15) is 5.37 Å². The predicted molar refractivity (Wildman–Crippen MR) is 56.8 cm³/mol. The first kappa shape index (κ1) is 9.52. The largest absolute Gasteiger partial charge is 0.329 e. The molecule has 0 spiro atoms. The summed E-state index contributed by atoms with van der Waals surface area (Å²) in [6, 6.07) is 3.91. The molecule has 1 amide bonds. The number of nitrogens with zero attached hydrogens (tertiary/aromatic N) is 2. The van der Waals surface area contributed by atoms with Crippen LogP contribution in [0.2, 0.25) is 0 Å². The molecule has 2 rings (SSSR count). The van der Waals surface area contributed by atoms with E-state index in [-0.39, 0.29) is 16.5 Å². The third kappa shape index (κ3) is 1.50. The van der Waals surface area contributed by atoms with Crippen LogP contribution < -0.4 is 0 Å². The number of pyridine rings is 1. The summed E-state index contributed by atoms with van der Waals surface area (Å²) in [5, 5.41) is 0.191. The molecule has 0 bridgehead atoms.